The fourth-order valence-electron chi connectivity index (χ4n) is 2.27. The average Bonchev–Trinajstić information content (AvgIpc) is 2.47. The summed E-state index contributed by atoms with van der Waals surface area (Å²) in [4.78, 5) is 32.1. The molecule has 5 nitrogen and oxygen atoms in total. The van der Waals surface area contributed by atoms with Gasteiger partial charge in [-0.2, -0.15) is 0 Å². The van der Waals surface area contributed by atoms with E-state index in [4.69, 9.17) is 0 Å². The van der Waals surface area contributed by atoms with Gasteiger partial charge in [-0.1, -0.05) is 12.1 Å². The molecule has 0 unspecified atom stereocenters. The first-order valence-electron chi connectivity index (χ1n) is 6.15. The Balaban J connectivity index is 1.84. The van der Waals surface area contributed by atoms with Gasteiger partial charge in [0.25, 0.3) is 5.91 Å². The number of carbonyl (C=O) groups is 1. The van der Waals surface area contributed by atoms with Crippen LogP contribution in [0.3, 0.4) is 0 Å². The number of carbonyl (C=O) groups excluding carboxylic acids is 1. The van der Waals surface area contributed by atoms with E-state index >= 15 is 0 Å². The molecule has 0 spiro atoms. The lowest BCUT2D eigenvalue weighted by atomic mass is 10.1. The molecule has 3 rings (SSSR count). The van der Waals surface area contributed by atoms with E-state index in [0.29, 0.717) is 25.2 Å². The Kier molecular flexibility index (Phi) is 2.87. The number of pyridine rings is 2. The van der Waals surface area contributed by atoms with E-state index in [-0.39, 0.29) is 11.5 Å². The highest BCUT2D eigenvalue weighted by atomic mass is 16.2. The van der Waals surface area contributed by atoms with Gasteiger partial charge in [0.15, 0.2) is 0 Å². The Bertz CT molecular complexity index is 664. The zero-order valence-electron chi connectivity index (χ0n) is 10.3. The predicted molar refractivity (Wildman–Crippen MR) is 69.7 cm³/mol. The van der Waals surface area contributed by atoms with Crippen molar-refractivity contribution in [3.05, 3.63) is 63.8 Å². The number of fused-ring (bicyclic) bond motifs is 1. The molecular formula is C14H13N3O2. The summed E-state index contributed by atoms with van der Waals surface area (Å²) in [6, 6.07) is 8.58. The largest absolute Gasteiger partial charge is 0.333 e. The van der Waals surface area contributed by atoms with Crippen molar-refractivity contribution in [3.63, 3.8) is 0 Å². The molecule has 1 aliphatic rings. The summed E-state index contributed by atoms with van der Waals surface area (Å²) in [5.41, 5.74) is 2.28. The van der Waals surface area contributed by atoms with Crippen molar-refractivity contribution in [2.45, 2.75) is 13.0 Å². The number of hydrogen-bond donors (Lipinski definition) is 1. The highest BCUT2D eigenvalue weighted by molar-refractivity contribution is 5.92. The minimum atomic E-state index is -0.0942. The van der Waals surface area contributed by atoms with Gasteiger partial charge in [-0.15, -0.1) is 0 Å². The van der Waals surface area contributed by atoms with Crippen LogP contribution in [0.15, 0.2) is 41.3 Å². The van der Waals surface area contributed by atoms with E-state index in [9.17, 15) is 9.59 Å². The maximum Gasteiger partial charge on any atom is 0.272 e. The molecule has 1 amide bonds. The lowest BCUT2D eigenvalue weighted by molar-refractivity contribution is 0.0727. The minimum absolute atomic E-state index is 0.0718. The van der Waals surface area contributed by atoms with Gasteiger partial charge in [-0.3, -0.25) is 14.6 Å². The number of H-pyrrole nitrogens is 1. The van der Waals surface area contributed by atoms with Gasteiger partial charge < -0.3 is 9.88 Å². The molecule has 2 aromatic rings. The van der Waals surface area contributed by atoms with Crippen molar-refractivity contribution in [1.82, 2.24) is 14.9 Å². The second-order valence-electron chi connectivity index (χ2n) is 4.52. The van der Waals surface area contributed by atoms with Crippen molar-refractivity contribution in [1.29, 1.82) is 0 Å². The molecule has 19 heavy (non-hydrogen) atoms. The lowest BCUT2D eigenvalue weighted by Crippen LogP contribution is -2.37. The Morgan fingerprint density at radius 1 is 1.26 bits per heavy atom. The Morgan fingerprint density at radius 2 is 2.16 bits per heavy atom. The fourth-order valence-corrected chi connectivity index (χ4v) is 2.27. The van der Waals surface area contributed by atoms with Crippen LogP contribution >= 0.6 is 0 Å². The van der Waals surface area contributed by atoms with Crippen LogP contribution in [0.2, 0.25) is 0 Å². The molecule has 0 aromatic carbocycles. The van der Waals surface area contributed by atoms with E-state index in [1.54, 1.807) is 35.4 Å². The summed E-state index contributed by atoms with van der Waals surface area (Å²) in [7, 11) is 0. The van der Waals surface area contributed by atoms with Crippen LogP contribution in [0, 0.1) is 0 Å². The first kappa shape index (κ1) is 11.6. The van der Waals surface area contributed by atoms with Gasteiger partial charge in [-0.25, -0.2) is 0 Å². The van der Waals surface area contributed by atoms with Crippen LogP contribution in [0.25, 0.3) is 0 Å². The molecule has 0 bridgehead atoms. The van der Waals surface area contributed by atoms with Crippen molar-refractivity contribution < 1.29 is 4.79 Å². The van der Waals surface area contributed by atoms with Crippen molar-refractivity contribution in [3.8, 4) is 0 Å². The van der Waals surface area contributed by atoms with Gasteiger partial charge in [0.1, 0.15) is 5.69 Å². The monoisotopic (exact) mass is 255 g/mol. The molecule has 0 atom stereocenters. The molecule has 0 saturated carbocycles. The molecule has 2 aromatic heterocycles. The van der Waals surface area contributed by atoms with Crippen LogP contribution in [-0.4, -0.2) is 27.3 Å². The molecule has 0 saturated heterocycles. The number of nitrogens with zero attached hydrogens (tertiary/aromatic N) is 2. The molecule has 1 N–H and O–H groups in total. The lowest BCUT2D eigenvalue weighted by Gasteiger charge is -2.28. The molecule has 96 valence electrons. The normalized spacial score (nSPS) is 14.0. The summed E-state index contributed by atoms with van der Waals surface area (Å²) in [6.45, 7) is 1.11. The summed E-state index contributed by atoms with van der Waals surface area (Å²) >= 11 is 0. The smallest absolute Gasteiger partial charge is 0.272 e. The predicted octanol–water partition coefficient (Wildman–Crippen LogP) is 0.968. The highest BCUT2D eigenvalue weighted by Gasteiger charge is 2.22. The van der Waals surface area contributed by atoms with Crippen LogP contribution in [0.1, 0.15) is 21.7 Å². The maximum atomic E-state index is 12.3. The summed E-state index contributed by atoms with van der Waals surface area (Å²) in [5.74, 6) is -0.0718. The second kappa shape index (κ2) is 4.68. The van der Waals surface area contributed by atoms with Crippen LogP contribution in [0.4, 0.5) is 0 Å². The van der Waals surface area contributed by atoms with E-state index in [0.717, 1.165) is 11.3 Å². The molecule has 5 heteroatoms. The van der Waals surface area contributed by atoms with E-state index in [2.05, 4.69) is 9.97 Å². The van der Waals surface area contributed by atoms with Gasteiger partial charge in [0.2, 0.25) is 5.56 Å². The number of nitrogens with one attached hydrogen (secondary N) is 1. The third-order valence-electron chi connectivity index (χ3n) is 3.26. The standard InChI is InChI=1S/C14H13N3O2/c18-13-5-4-10-9-17(8-6-11(10)16-13)14(19)12-3-1-2-7-15-12/h1-5,7H,6,8-9H2,(H,16,18). The van der Waals surface area contributed by atoms with Gasteiger partial charge in [-0.05, 0) is 17.7 Å². The third-order valence-corrected chi connectivity index (χ3v) is 3.26. The molecule has 0 fully saturated rings. The summed E-state index contributed by atoms with van der Waals surface area (Å²) in [6.07, 6.45) is 2.28. The Morgan fingerprint density at radius 3 is 2.95 bits per heavy atom. The molecule has 0 radical (unpaired) electrons. The number of hydrogen-bond acceptors (Lipinski definition) is 3. The highest BCUT2D eigenvalue weighted by Crippen LogP contribution is 2.17. The Labute approximate surface area is 109 Å². The number of amides is 1. The minimum Gasteiger partial charge on any atom is -0.333 e. The van der Waals surface area contributed by atoms with Crippen molar-refractivity contribution >= 4 is 5.91 Å². The van der Waals surface area contributed by atoms with Crippen LogP contribution < -0.4 is 5.56 Å². The molecular weight excluding hydrogens is 242 g/mol. The van der Waals surface area contributed by atoms with Crippen LogP contribution in [-0.2, 0) is 13.0 Å². The Hall–Kier alpha value is -2.43. The van der Waals surface area contributed by atoms with E-state index in [1.807, 2.05) is 0 Å². The van der Waals surface area contributed by atoms with E-state index in [1.165, 1.54) is 6.07 Å². The quantitative estimate of drug-likeness (QED) is 0.825. The molecule has 0 aliphatic carbocycles. The number of aromatic nitrogens is 2. The third kappa shape index (κ3) is 2.27. The van der Waals surface area contributed by atoms with Crippen molar-refractivity contribution in [2.75, 3.05) is 6.54 Å². The van der Waals surface area contributed by atoms with Gasteiger partial charge in [0.05, 0.1) is 0 Å². The zero-order valence-corrected chi connectivity index (χ0v) is 10.3. The SMILES string of the molecule is O=C(c1ccccn1)N1CCc2[nH]c(=O)ccc2C1. The number of aromatic amines is 1. The summed E-state index contributed by atoms with van der Waals surface area (Å²) < 4.78 is 0. The van der Waals surface area contributed by atoms with Crippen LogP contribution in [0.5, 0.6) is 0 Å². The first-order valence-corrected chi connectivity index (χ1v) is 6.15. The number of rotatable bonds is 1. The van der Waals surface area contributed by atoms with Gasteiger partial charge >= 0.3 is 0 Å². The summed E-state index contributed by atoms with van der Waals surface area (Å²) in [5, 5.41) is 0. The topological polar surface area (TPSA) is 66.1 Å². The molecule has 1 aliphatic heterocycles. The molecule has 3 heterocycles. The average molecular weight is 255 g/mol. The first-order chi connectivity index (χ1) is 9.24. The maximum absolute atomic E-state index is 12.3. The van der Waals surface area contributed by atoms with E-state index < -0.39 is 0 Å². The zero-order chi connectivity index (χ0) is 13.2. The second-order valence-corrected chi connectivity index (χ2v) is 4.52. The fraction of sp³-hybridized carbons (Fsp3) is 0.214. The van der Waals surface area contributed by atoms with Crippen molar-refractivity contribution in [2.24, 2.45) is 0 Å². The van der Waals surface area contributed by atoms with Gasteiger partial charge in [0, 0.05) is 37.5 Å².